The molecule has 0 aliphatic carbocycles. The Hall–Kier alpha value is -2.18. The number of carbonyl (C=O) groups excluding carboxylic acids is 1. The maximum atomic E-state index is 13.2. The van der Waals surface area contributed by atoms with Crippen LogP contribution in [0.5, 0.6) is 0 Å². The number of likely N-dealkylation sites (N-methyl/N-ethyl adjacent to an activating group) is 1. The second-order valence-electron chi connectivity index (χ2n) is 7.15. The monoisotopic (exact) mass is 386 g/mol. The van der Waals surface area contributed by atoms with Gasteiger partial charge in [-0.2, -0.15) is 4.31 Å². The van der Waals surface area contributed by atoms with Crippen molar-refractivity contribution in [2.24, 2.45) is 0 Å². The van der Waals surface area contributed by atoms with Crippen LogP contribution in [0.1, 0.15) is 30.5 Å². The van der Waals surface area contributed by atoms with Gasteiger partial charge in [0.05, 0.1) is 11.4 Å². The zero-order valence-electron chi connectivity index (χ0n) is 16.3. The second-order valence-corrected chi connectivity index (χ2v) is 9.05. The molecule has 0 fully saturated rings. The third-order valence-electron chi connectivity index (χ3n) is 5.10. The molecule has 1 unspecified atom stereocenters. The van der Waals surface area contributed by atoms with Crippen LogP contribution >= 0.6 is 0 Å². The first-order valence-corrected chi connectivity index (χ1v) is 10.7. The molecule has 1 heterocycles. The Morgan fingerprint density at radius 1 is 1.19 bits per heavy atom. The minimum atomic E-state index is -3.74. The molecule has 2 aromatic carbocycles. The topological polar surface area (TPSA) is 57.7 Å². The molecule has 0 spiro atoms. The molecule has 0 N–H and O–H groups in total. The minimum Gasteiger partial charge on any atom is -0.308 e. The number of rotatable bonds is 5. The third kappa shape index (κ3) is 3.64. The zero-order valence-corrected chi connectivity index (χ0v) is 17.1. The summed E-state index contributed by atoms with van der Waals surface area (Å²) >= 11 is 0. The van der Waals surface area contributed by atoms with Crippen LogP contribution in [0.25, 0.3) is 0 Å². The first-order chi connectivity index (χ1) is 12.8. The third-order valence-corrected chi connectivity index (χ3v) is 7.16. The Morgan fingerprint density at radius 3 is 2.59 bits per heavy atom. The molecule has 0 saturated carbocycles. The Labute approximate surface area is 161 Å². The summed E-state index contributed by atoms with van der Waals surface area (Å²) in [7, 11) is -3.74. The first-order valence-electron chi connectivity index (χ1n) is 9.23. The molecule has 144 valence electrons. The van der Waals surface area contributed by atoms with Crippen molar-refractivity contribution < 1.29 is 13.2 Å². The van der Waals surface area contributed by atoms with E-state index in [1.165, 1.54) is 4.31 Å². The lowest BCUT2D eigenvalue weighted by Crippen LogP contribution is -2.45. The molecule has 1 amide bonds. The van der Waals surface area contributed by atoms with Gasteiger partial charge >= 0.3 is 0 Å². The molecule has 1 aliphatic rings. The number of carbonyl (C=O) groups is 1. The number of fused-ring (bicyclic) bond motifs is 1. The average molecular weight is 387 g/mol. The predicted molar refractivity (Wildman–Crippen MR) is 107 cm³/mol. The number of benzene rings is 2. The molecule has 27 heavy (non-hydrogen) atoms. The van der Waals surface area contributed by atoms with Gasteiger partial charge in [0.15, 0.2) is 0 Å². The molecule has 0 bridgehead atoms. The van der Waals surface area contributed by atoms with Crippen molar-refractivity contribution >= 4 is 21.6 Å². The van der Waals surface area contributed by atoms with Gasteiger partial charge in [-0.25, -0.2) is 8.42 Å². The zero-order chi connectivity index (χ0) is 19.8. The highest BCUT2D eigenvalue weighted by atomic mass is 32.2. The predicted octanol–water partition coefficient (Wildman–Crippen LogP) is 3.29. The van der Waals surface area contributed by atoms with E-state index in [9.17, 15) is 13.2 Å². The standard InChI is InChI=1S/C21H26N2O3S/c1-5-22(27(25,26)20-12-15(2)10-11-16(20)3)14-21(24)23-17(4)13-18-8-6-7-9-19(18)23/h6-12,17H,5,13-14H2,1-4H3. The number of anilines is 1. The summed E-state index contributed by atoms with van der Waals surface area (Å²) in [6.07, 6.45) is 0.789. The lowest BCUT2D eigenvalue weighted by molar-refractivity contribution is -0.119. The van der Waals surface area contributed by atoms with Crippen LogP contribution < -0.4 is 4.90 Å². The molecular weight excluding hydrogens is 360 g/mol. The van der Waals surface area contributed by atoms with E-state index in [0.29, 0.717) is 5.56 Å². The van der Waals surface area contributed by atoms with E-state index < -0.39 is 10.0 Å². The highest BCUT2D eigenvalue weighted by Gasteiger charge is 2.34. The molecule has 2 aromatic rings. The lowest BCUT2D eigenvalue weighted by atomic mass is 10.1. The minimum absolute atomic E-state index is 0.0250. The van der Waals surface area contributed by atoms with E-state index in [1.54, 1.807) is 30.9 Å². The van der Waals surface area contributed by atoms with Gasteiger partial charge in [0.1, 0.15) is 0 Å². The smallest absolute Gasteiger partial charge is 0.243 e. The van der Waals surface area contributed by atoms with Crippen LogP contribution in [0.4, 0.5) is 5.69 Å². The molecular formula is C21H26N2O3S. The van der Waals surface area contributed by atoms with E-state index in [0.717, 1.165) is 23.2 Å². The number of para-hydroxylation sites is 1. The summed E-state index contributed by atoms with van der Waals surface area (Å²) in [5, 5.41) is 0. The summed E-state index contributed by atoms with van der Waals surface area (Å²) in [4.78, 5) is 15.0. The largest absolute Gasteiger partial charge is 0.308 e. The Kier molecular flexibility index (Phi) is 5.40. The van der Waals surface area contributed by atoms with Gasteiger partial charge in [-0.3, -0.25) is 4.79 Å². The quantitative estimate of drug-likeness (QED) is 0.792. The van der Waals surface area contributed by atoms with Crippen molar-refractivity contribution in [3.8, 4) is 0 Å². The van der Waals surface area contributed by atoms with Gasteiger partial charge in [0, 0.05) is 18.3 Å². The van der Waals surface area contributed by atoms with Crippen LogP contribution in [0.15, 0.2) is 47.4 Å². The molecule has 3 rings (SSSR count). The Bertz CT molecular complexity index is 969. The average Bonchev–Trinajstić information content (AvgIpc) is 2.97. The number of aryl methyl sites for hydroxylation is 2. The van der Waals surface area contributed by atoms with E-state index in [-0.39, 0.29) is 29.9 Å². The van der Waals surface area contributed by atoms with Crippen molar-refractivity contribution in [3.63, 3.8) is 0 Å². The normalized spacial score (nSPS) is 16.6. The Morgan fingerprint density at radius 2 is 1.89 bits per heavy atom. The van der Waals surface area contributed by atoms with Crippen molar-refractivity contribution in [1.82, 2.24) is 4.31 Å². The van der Waals surface area contributed by atoms with Gasteiger partial charge in [-0.15, -0.1) is 0 Å². The van der Waals surface area contributed by atoms with E-state index in [1.807, 2.05) is 44.2 Å². The maximum Gasteiger partial charge on any atom is 0.243 e. The molecule has 1 atom stereocenters. The second kappa shape index (κ2) is 7.44. The van der Waals surface area contributed by atoms with Crippen LogP contribution in [0.3, 0.4) is 0 Å². The fourth-order valence-corrected chi connectivity index (χ4v) is 5.37. The number of hydrogen-bond donors (Lipinski definition) is 0. The maximum absolute atomic E-state index is 13.2. The van der Waals surface area contributed by atoms with E-state index in [2.05, 4.69) is 0 Å². The van der Waals surface area contributed by atoms with E-state index in [4.69, 9.17) is 0 Å². The summed E-state index contributed by atoms with van der Waals surface area (Å²) < 4.78 is 27.6. The van der Waals surface area contributed by atoms with Crippen molar-refractivity contribution in [3.05, 3.63) is 59.2 Å². The van der Waals surface area contributed by atoms with Crippen LogP contribution in [-0.2, 0) is 21.2 Å². The Balaban J connectivity index is 1.89. The van der Waals surface area contributed by atoms with Gasteiger partial charge in [0.25, 0.3) is 0 Å². The highest BCUT2D eigenvalue weighted by molar-refractivity contribution is 7.89. The number of sulfonamides is 1. The van der Waals surface area contributed by atoms with Gasteiger partial charge < -0.3 is 4.90 Å². The van der Waals surface area contributed by atoms with Crippen LogP contribution in [0, 0.1) is 13.8 Å². The van der Waals surface area contributed by atoms with Crippen molar-refractivity contribution in [1.29, 1.82) is 0 Å². The first kappa shape index (κ1) is 19.6. The molecule has 6 heteroatoms. The summed E-state index contributed by atoms with van der Waals surface area (Å²) in [5.74, 6) is -0.191. The summed E-state index contributed by atoms with van der Waals surface area (Å²) in [6.45, 7) is 7.48. The molecule has 5 nitrogen and oxygen atoms in total. The SMILES string of the molecule is CCN(CC(=O)N1c2ccccc2CC1C)S(=O)(=O)c1cc(C)ccc1C. The van der Waals surface area contributed by atoms with Crippen LogP contribution in [0.2, 0.25) is 0 Å². The highest BCUT2D eigenvalue weighted by Crippen LogP contribution is 2.32. The van der Waals surface area contributed by atoms with Gasteiger partial charge in [-0.05, 0) is 56.0 Å². The number of nitrogens with zero attached hydrogens (tertiary/aromatic N) is 2. The van der Waals surface area contributed by atoms with Crippen molar-refractivity contribution in [2.75, 3.05) is 18.0 Å². The fraction of sp³-hybridized carbons (Fsp3) is 0.381. The summed E-state index contributed by atoms with van der Waals surface area (Å²) in [5.41, 5.74) is 3.57. The van der Waals surface area contributed by atoms with Crippen molar-refractivity contribution in [2.45, 2.75) is 45.1 Å². The molecule has 1 aliphatic heterocycles. The van der Waals surface area contributed by atoms with Gasteiger partial charge in [0.2, 0.25) is 15.9 Å². The number of amides is 1. The lowest BCUT2D eigenvalue weighted by Gasteiger charge is -2.27. The fourth-order valence-electron chi connectivity index (χ4n) is 3.66. The van der Waals surface area contributed by atoms with E-state index >= 15 is 0 Å². The molecule has 0 aromatic heterocycles. The molecule has 0 radical (unpaired) electrons. The van der Waals surface area contributed by atoms with Gasteiger partial charge in [-0.1, -0.05) is 37.3 Å². The molecule has 0 saturated heterocycles. The number of hydrogen-bond acceptors (Lipinski definition) is 3. The van der Waals surface area contributed by atoms with Crippen LogP contribution in [-0.4, -0.2) is 37.8 Å². The summed E-state index contributed by atoms with van der Waals surface area (Å²) in [6, 6.07) is 13.2.